The van der Waals surface area contributed by atoms with Gasteiger partial charge in [0.05, 0.1) is 11.2 Å². The van der Waals surface area contributed by atoms with E-state index in [0.717, 1.165) is 36.5 Å². The molecule has 0 unspecified atom stereocenters. The van der Waals surface area contributed by atoms with Crippen LogP contribution in [0.25, 0.3) is 22.3 Å². The van der Waals surface area contributed by atoms with Crippen LogP contribution in [0.15, 0.2) is 36.5 Å². The molecule has 4 heterocycles. The summed E-state index contributed by atoms with van der Waals surface area (Å²) in [6, 6.07) is 9.43. The standard InChI is InChI=1S/C24H26FN7/c1-14(2)32-15(3)27-23-18(25)11-17(12-21(23)32)19-7-9-26-24(29-19)30-22-6-5-16-13-31(4)10-8-20(16)28-22/h5-7,9,11-12,14H,8,10,13H2,1-4H3,(H,26,28,29,30). The number of fused-ring (bicyclic) bond motifs is 2. The van der Waals surface area contributed by atoms with Crippen LogP contribution >= 0.6 is 0 Å². The molecular formula is C24H26FN7. The maximum Gasteiger partial charge on any atom is 0.228 e. The molecule has 32 heavy (non-hydrogen) atoms. The van der Waals surface area contributed by atoms with E-state index in [4.69, 9.17) is 4.98 Å². The molecule has 164 valence electrons. The lowest BCUT2D eigenvalue weighted by molar-refractivity contribution is 0.310. The molecule has 1 N–H and O–H groups in total. The summed E-state index contributed by atoms with van der Waals surface area (Å²) in [5, 5.41) is 3.20. The fraction of sp³-hybridized carbons (Fsp3) is 0.333. The summed E-state index contributed by atoms with van der Waals surface area (Å²) in [5.41, 5.74) is 4.83. The van der Waals surface area contributed by atoms with E-state index >= 15 is 0 Å². The quantitative estimate of drug-likeness (QED) is 0.507. The summed E-state index contributed by atoms with van der Waals surface area (Å²) in [5.74, 6) is 1.58. The fourth-order valence-corrected chi connectivity index (χ4v) is 4.39. The van der Waals surface area contributed by atoms with Crippen LogP contribution < -0.4 is 5.32 Å². The summed E-state index contributed by atoms with van der Waals surface area (Å²) in [4.78, 5) is 20.4. The van der Waals surface area contributed by atoms with Crippen molar-refractivity contribution in [3.63, 3.8) is 0 Å². The number of rotatable bonds is 4. The maximum atomic E-state index is 14.9. The number of pyridine rings is 1. The lowest BCUT2D eigenvalue weighted by Gasteiger charge is -2.24. The Bertz CT molecular complexity index is 1310. The van der Waals surface area contributed by atoms with Crippen LogP contribution in [0.3, 0.4) is 0 Å². The van der Waals surface area contributed by atoms with E-state index < -0.39 is 0 Å². The second-order valence-corrected chi connectivity index (χ2v) is 8.63. The highest BCUT2D eigenvalue weighted by Crippen LogP contribution is 2.29. The van der Waals surface area contributed by atoms with Gasteiger partial charge in [0.15, 0.2) is 5.82 Å². The highest BCUT2D eigenvalue weighted by Gasteiger charge is 2.17. The van der Waals surface area contributed by atoms with Crippen molar-refractivity contribution in [2.45, 2.75) is 39.8 Å². The molecule has 1 aliphatic heterocycles. The second kappa shape index (κ2) is 7.94. The number of hydrogen-bond donors (Lipinski definition) is 1. The lowest BCUT2D eigenvalue weighted by atomic mass is 10.1. The molecule has 0 spiro atoms. The molecule has 0 atom stereocenters. The number of likely N-dealkylation sites (N-methyl/N-ethyl adjacent to an activating group) is 1. The number of halogens is 1. The van der Waals surface area contributed by atoms with Gasteiger partial charge in [-0.05, 0) is 57.6 Å². The molecule has 4 aromatic rings. The molecule has 0 saturated carbocycles. The van der Waals surface area contributed by atoms with Gasteiger partial charge in [0.1, 0.15) is 17.2 Å². The van der Waals surface area contributed by atoms with Gasteiger partial charge in [0, 0.05) is 43.0 Å². The number of aryl methyl sites for hydroxylation is 1. The van der Waals surface area contributed by atoms with E-state index in [1.165, 1.54) is 11.6 Å². The van der Waals surface area contributed by atoms with Crippen molar-refractivity contribution in [1.29, 1.82) is 0 Å². The summed E-state index contributed by atoms with van der Waals surface area (Å²) in [7, 11) is 2.12. The van der Waals surface area contributed by atoms with Crippen molar-refractivity contribution in [1.82, 2.24) is 29.4 Å². The van der Waals surface area contributed by atoms with Crippen LogP contribution in [0.2, 0.25) is 0 Å². The van der Waals surface area contributed by atoms with Crippen molar-refractivity contribution in [3.05, 3.63) is 59.4 Å². The summed E-state index contributed by atoms with van der Waals surface area (Å²) in [6.45, 7) is 7.93. The van der Waals surface area contributed by atoms with E-state index in [1.807, 2.05) is 23.6 Å². The first-order valence-electron chi connectivity index (χ1n) is 10.8. The number of nitrogens with one attached hydrogen (secondary N) is 1. The SMILES string of the molecule is Cc1nc2c(F)cc(-c3ccnc(Nc4ccc5c(n4)CCN(C)C5)n3)cc2n1C(C)C. The first kappa shape index (κ1) is 20.5. The van der Waals surface area contributed by atoms with Crippen molar-refractivity contribution >= 4 is 22.8 Å². The van der Waals surface area contributed by atoms with Crippen LogP contribution in [0.1, 0.15) is 37.0 Å². The van der Waals surface area contributed by atoms with Gasteiger partial charge in [-0.1, -0.05) is 6.07 Å². The highest BCUT2D eigenvalue weighted by molar-refractivity contribution is 5.83. The Morgan fingerprint density at radius 2 is 1.94 bits per heavy atom. The zero-order valence-corrected chi connectivity index (χ0v) is 18.7. The molecule has 0 aliphatic carbocycles. The molecule has 0 bridgehead atoms. The minimum absolute atomic E-state index is 0.173. The maximum absolute atomic E-state index is 14.9. The Morgan fingerprint density at radius 1 is 1.09 bits per heavy atom. The van der Waals surface area contributed by atoms with E-state index in [9.17, 15) is 4.39 Å². The Balaban J connectivity index is 1.48. The Kier molecular flexibility index (Phi) is 5.09. The molecule has 0 saturated heterocycles. The Morgan fingerprint density at radius 3 is 2.75 bits per heavy atom. The monoisotopic (exact) mass is 431 g/mol. The predicted octanol–water partition coefficient (Wildman–Crippen LogP) is 4.65. The van der Waals surface area contributed by atoms with Crippen LogP contribution in [0, 0.1) is 12.7 Å². The van der Waals surface area contributed by atoms with Crippen molar-refractivity contribution in [2.24, 2.45) is 0 Å². The largest absolute Gasteiger partial charge is 0.326 e. The minimum atomic E-state index is -0.352. The van der Waals surface area contributed by atoms with Crippen LogP contribution in [0.5, 0.6) is 0 Å². The van der Waals surface area contributed by atoms with Gasteiger partial charge in [-0.2, -0.15) is 0 Å². The van der Waals surface area contributed by atoms with Crippen LogP contribution in [-0.2, 0) is 13.0 Å². The number of nitrogens with zero attached hydrogens (tertiary/aromatic N) is 6. The first-order valence-corrected chi connectivity index (χ1v) is 10.8. The zero-order valence-electron chi connectivity index (χ0n) is 18.7. The summed E-state index contributed by atoms with van der Waals surface area (Å²) in [6.07, 6.45) is 2.59. The van der Waals surface area contributed by atoms with Crippen molar-refractivity contribution in [3.8, 4) is 11.3 Å². The molecule has 1 aliphatic rings. The third-order valence-electron chi connectivity index (χ3n) is 5.87. The van der Waals surface area contributed by atoms with Gasteiger partial charge in [-0.25, -0.2) is 24.3 Å². The normalized spacial score (nSPS) is 14.2. The number of anilines is 2. The Hall–Kier alpha value is -3.39. The molecular weight excluding hydrogens is 405 g/mol. The second-order valence-electron chi connectivity index (χ2n) is 8.63. The predicted molar refractivity (Wildman–Crippen MR) is 123 cm³/mol. The van der Waals surface area contributed by atoms with Gasteiger partial charge >= 0.3 is 0 Å². The average molecular weight is 432 g/mol. The van der Waals surface area contributed by atoms with E-state index in [0.29, 0.717) is 28.5 Å². The number of imidazole rings is 1. The molecule has 8 heteroatoms. The number of benzene rings is 1. The highest BCUT2D eigenvalue weighted by atomic mass is 19.1. The molecule has 3 aromatic heterocycles. The van der Waals surface area contributed by atoms with Gasteiger partial charge < -0.3 is 14.8 Å². The zero-order chi connectivity index (χ0) is 22.4. The molecule has 5 rings (SSSR count). The smallest absolute Gasteiger partial charge is 0.228 e. The van der Waals surface area contributed by atoms with E-state index in [2.05, 4.69) is 52.1 Å². The van der Waals surface area contributed by atoms with Crippen LogP contribution in [0.4, 0.5) is 16.2 Å². The topological polar surface area (TPSA) is 71.8 Å². The lowest BCUT2D eigenvalue weighted by Crippen LogP contribution is -2.27. The van der Waals surface area contributed by atoms with Crippen molar-refractivity contribution in [2.75, 3.05) is 18.9 Å². The molecule has 7 nitrogen and oxygen atoms in total. The molecule has 0 fully saturated rings. The average Bonchev–Trinajstić information content (AvgIpc) is 3.11. The van der Waals surface area contributed by atoms with Gasteiger partial charge in [-0.3, -0.25) is 0 Å². The van der Waals surface area contributed by atoms with Gasteiger partial charge in [0.2, 0.25) is 5.95 Å². The van der Waals surface area contributed by atoms with Gasteiger partial charge in [0.25, 0.3) is 0 Å². The van der Waals surface area contributed by atoms with Gasteiger partial charge in [-0.15, -0.1) is 0 Å². The minimum Gasteiger partial charge on any atom is -0.326 e. The third kappa shape index (κ3) is 3.71. The molecule has 0 amide bonds. The molecule has 1 aromatic carbocycles. The fourth-order valence-electron chi connectivity index (χ4n) is 4.39. The van der Waals surface area contributed by atoms with E-state index in [1.54, 1.807) is 12.3 Å². The van der Waals surface area contributed by atoms with E-state index in [-0.39, 0.29) is 11.9 Å². The number of hydrogen-bond acceptors (Lipinski definition) is 6. The first-order chi connectivity index (χ1) is 15.4. The van der Waals surface area contributed by atoms with Crippen molar-refractivity contribution < 1.29 is 4.39 Å². The number of aromatic nitrogens is 5. The summed E-state index contributed by atoms with van der Waals surface area (Å²) >= 11 is 0. The molecule has 0 radical (unpaired) electrons. The third-order valence-corrected chi connectivity index (χ3v) is 5.87. The van der Waals surface area contributed by atoms with Crippen LogP contribution in [-0.4, -0.2) is 43.0 Å². The summed E-state index contributed by atoms with van der Waals surface area (Å²) < 4.78 is 16.9. The Labute approximate surface area is 186 Å².